The first-order valence-electron chi connectivity index (χ1n) is 22.3. The second kappa shape index (κ2) is 13.3. The quantitative estimate of drug-likeness (QED) is 0.189. The molecule has 0 amide bonds. The third-order valence-electron chi connectivity index (χ3n) is 18.7. The van der Waals surface area contributed by atoms with Gasteiger partial charge >= 0.3 is 0 Å². The molecule has 6 aliphatic rings. The Labute approximate surface area is 359 Å². The fourth-order valence-corrected chi connectivity index (χ4v) is 14.5. The maximum absolute atomic E-state index is 2.73. The number of hydrogen-bond acceptors (Lipinski definition) is 0. The highest BCUT2D eigenvalue weighted by Crippen LogP contribution is 2.90. The average Bonchev–Trinajstić information content (AvgIpc) is 3.87. The molecule has 0 heteroatoms. The molecule has 0 saturated heterocycles. The van der Waals surface area contributed by atoms with Crippen LogP contribution < -0.4 is 0 Å². The lowest BCUT2D eigenvalue weighted by atomic mass is 9.23. The van der Waals surface area contributed by atoms with Gasteiger partial charge in [-0.3, -0.25) is 0 Å². The fourth-order valence-electron chi connectivity index (χ4n) is 14.5. The normalized spacial score (nSPS) is 37.3. The summed E-state index contributed by atoms with van der Waals surface area (Å²) in [6.45, 7) is 21.1. The van der Waals surface area contributed by atoms with Gasteiger partial charge in [-0.1, -0.05) is 236 Å². The van der Waals surface area contributed by atoms with E-state index in [2.05, 4.69) is 244 Å². The van der Waals surface area contributed by atoms with Crippen molar-refractivity contribution < 1.29 is 0 Å². The highest BCUT2D eigenvalue weighted by Gasteiger charge is 2.85. The summed E-state index contributed by atoms with van der Waals surface area (Å²) in [4.78, 5) is 0. The topological polar surface area (TPSA) is 0 Å². The van der Waals surface area contributed by atoms with Crippen molar-refractivity contribution in [2.75, 3.05) is 0 Å². The molecule has 0 aromatic heterocycles. The van der Waals surface area contributed by atoms with E-state index in [1.807, 2.05) is 0 Å². The molecular formula is C60H60. The fraction of sp³-hybridized carbons (Fsp3) is 0.300. The molecule has 4 aromatic carbocycles. The predicted molar refractivity (Wildman–Crippen MR) is 256 cm³/mol. The van der Waals surface area contributed by atoms with Gasteiger partial charge in [0.2, 0.25) is 0 Å². The van der Waals surface area contributed by atoms with Crippen LogP contribution in [0.5, 0.6) is 0 Å². The minimum absolute atomic E-state index is 0.0864. The molecule has 300 valence electrons. The summed E-state index contributed by atoms with van der Waals surface area (Å²) in [5.74, 6) is 0.272. The van der Waals surface area contributed by atoms with Crippen LogP contribution in [0, 0.1) is 43.8 Å². The molecular weight excluding hydrogens is 721 g/mol. The zero-order valence-corrected chi connectivity index (χ0v) is 36.9. The Bertz CT molecular complexity index is 2670. The molecule has 10 rings (SSSR count). The molecule has 0 bridgehead atoms. The first-order valence-corrected chi connectivity index (χ1v) is 22.3. The van der Waals surface area contributed by atoms with Crippen molar-refractivity contribution in [2.24, 2.45) is 43.8 Å². The van der Waals surface area contributed by atoms with Crippen LogP contribution in [-0.4, -0.2) is 0 Å². The summed E-state index contributed by atoms with van der Waals surface area (Å²) in [6.07, 6.45) is 34.1. The largest absolute Gasteiger partial charge is 0.0801 e. The number of rotatable bonds is 5. The number of fused-ring (bicyclic) bond motifs is 8. The van der Waals surface area contributed by atoms with E-state index in [4.69, 9.17) is 0 Å². The van der Waals surface area contributed by atoms with Crippen molar-refractivity contribution in [3.8, 4) is 22.3 Å². The highest BCUT2D eigenvalue weighted by atomic mass is 14.9. The lowest BCUT2D eigenvalue weighted by molar-refractivity contribution is -0.263. The van der Waals surface area contributed by atoms with E-state index in [-0.39, 0.29) is 43.8 Å². The first kappa shape index (κ1) is 38.7. The Hall–Kier alpha value is -5.46. The van der Waals surface area contributed by atoms with Crippen molar-refractivity contribution in [1.82, 2.24) is 0 Å². The van der Waals surface area contributed by atoms with Crippen molar-refractivity contribution >= 4 is 12.2 Å². The van der Waals surface area contributed by atoms with Crippen LogP contribution in [0.1, 0.15) is 79.4 Å². The number of hydrogen-bond donors (Lipinski definition) is 0. The SMILES string of the molecule is CC1=C(C2=CC=CC2)C(=Cc2ccc(-c3ccccc3)cc2)C(=Cc2ccc(-c3ccccc3)cc2)C2CC3(C)C4(C)C=CC=CC4(C)C4(C)C=CC=CC4(C)C3(C)C12C. The molecule has 0 nitrogen and oxygen atoms in total. The van der Waals surface area contributed by atoms with E-state index in [0.717, 1.165) is 12.8 Å². The van der Waals surface area contributed by atoms with Gasteiger partial charge in [0, 0.05) is 27.1 Å². The van der Waals surface area contributed by atoms with Gasteiger partial charge in [0.05, 0.1) is 0 Å². The van der Waals surface area contributed by atoms with Crippen molar-refractivity contribution in [1.29, 1.82) is 0 Å². The van der Waals surface area contributed by atoms with Gasteiger partial charge in [-0.05, 0) is 98.3 Å². The Morgan fingerprint density at radius 2 is 0.967 bits per heavy atom. The van der Waals surface area contributed by atoms with Crippen LogP contribution in [-0.2, 0) is 0 Å². The molecule has 0 heterocycles. The summed E-state index contributed by atoms with van der Waals surface area (Å²) in [5.41, 5.74) is 13.8. The van der Waals surface area contributed by atoms with E-state index in [9.17, 15) is 0 Å². The number of benzene rings is 4. The second-order valence-corrected chi connectivity index (χ2v) is 20.1. The molecule has 0 aliphatic heterocycles. The van der Waals surface area contributed by atoms with Gasteiger partial charge in [-0.15, -0.1) is 0 Å². The Morgan fingerprint density at radius 3 is 1.48 bits per heavy atom. The van der Waals surface area contributed by atoms with Gasteiger partial charge < -0.3 is 0 Å². The van der Waals surface area contributed by atoms with Gasteiger partial charge in [-0.25, -0.2) is 0 Å². The summed E-state index contributed by atoms with van der Waals surface area (Å²) in [7, 11) is 0. The van der Waals surface area contributed by atoms with E-state index >= 15 is 0 Å². The van der Waals surface area contributed by atoms with Gasteiger partial charge in [0.25, 0.3) is 0 Å². The van der Waals surface area contributed by atoms with Gasteiger partial charge in [-0.2, -0.15) is 0 Å². The van der Waals surface area contributed by atoms with Crippen LogP contribution in [0.2, 0.25) is 0 Å². The van der Waals surface area contributed by atoms with Crippen molar-refractivity contribution in [2.45, 2.75) is 68.2 Å². The van der Waals surface area contributed by atoms with E-state index in [1.165, 1.54) is 55.7 Å². The minimum atomic E-state index is -0.185. The summed E-state index contributed by atoms with van der Waals surface area (Å²) < 4.78 is 0. The standard InChI is InChI=1S/C60H60/c1-42-53(49-25-15-16-26-49)51(40-44-29-33-48(34-30-44)46-23-13-10-14-24-46)50(39-43-27-31-47(32-28-43)45-21-11-9-12-22-45)52-41-58(6)56(4)37-18-17-35-54(56,2)55(3)36-19-20-38-57(55,5)60(58,8)59(42,52)7/h9-25,27-40,52H,26,41H2,1-8H3. The first-order chi connectivity index (χ1) is 28.8. The zero-order valence-electron chi connectivity index (χ0n) is 36.9. The molecule has 4 aromatic rings. The molecule has 8 unspecified atom stereocenters. The Balaban J connectivity index is 1.25. The highest BCUT2D eigenvalue weighted by molar-refractivity contribution is 5.80. The van der Waals surface area contributed by atoms with Gasteiger partial charge in [0.15, 0.2) is 0 Å². The monoisotopic (exact) mass is 780 g/mol. The lowest BCUT2D eigenvalue weighted by Crippen LogP contribution is -2.75. The minimum Gasteiger partial charge on any atom is -0.0801 e. The van der Waals surface area contributed by atoms with Crippen LogP contribution in [0.15, 0.2) is 204 Å². The Kier molecular flexibility index (Phi) is 8.56. The number of allylic oxidation sites excluding steroid dienone is 16. The van der Waals surface area contributed by atoms with E-state index in [1.54, 1.807) is 5.57 Å². The lowest BCUT2D eigenvalue weighted by Gasteiger charge is -2.79. The van der Waals surface area contributed by atoms with Crippen molar-refractivity contribution in [3.05, 3.63) is 215 Å². The zero-order chi connectivity index (χ0) is 41.8. The van der Waals surface area contributed by atoms with Crippen LogP contribution in [0.4, 0.5) is 0 Å². The average molecular weight is 781 g/mol. The Morgan fingerprint density at radius 1 is 0.500 bits per heavy atom. The van der Waals surface area contributed by atoms with Crippen molar-refractivity contribution in [3.63, 3.8) is 0 Å². The molecule has 0 N–H and O–H groups in total. The summed E-state index contributed by atoms with van der Waals surface area (Å²) >= 11 is 0. The maximum atomic E-state index is 2.73. The smallest absolute Gasteiger partial charge is 0.00475 e. The van der Waals surface area contributed by atoms with Crippen LogP contribution in [0.25, 0.3) is 34.4 Å². The van der Waals surface area contributed by atoms with E-state index < -0.39 is 0 Å². The van der Waals surface area contributed by atoms with Crippen LogP contribution >= 0.6 is 0 Å². The third kappa shape index (κ3) is 4.74. The molecule has 6 aliphatic carbocycles. The summed E-state index contributed by atoms with van der Waals surface area (Å²) in [5, 5.41) is 0. The molecule has 2 fully saturated rings. The maximum Gasteiger partial charge on any atom is 0.00475 e. The molecule has 0 radical (unpaired) electrons. The molecule has 0 spiro atoms. The second-order valence-electron chi connectivity index (χ2n) is 20.1. The molecule has 8 atom stereocenters. The molecule has 2 saturated carbocycles. The van der Waals surface area contributed by atoms with Crippen LogP contribution in [0.3, 0.4) is 0 Å². The summed E-state index contributed by atoms with van der Waals surface area (Å²) in [6, 6.07) is 40.1. The van der Waals surface area contributed by atoms with Gasteiger partial charge in [0.1, 0.15) is 0 Å². The third-order valence-corrected chi connectivity index (χ3v) is 18.7. The van der Waals surface area contributed by atoms with E-state index in [0.29, 0.717) is 0 Å². The predicted octanol–water partition coefficient (Wildman–Crippen LogP) is 16.0. The molecule has 60 heavy (non-hydrogen) atoms.